The van der Waals surface area contributed by atoms with Crippen molar-refractivity contribution in [2.45, 2.75) is 46.0 Å². The minimum absolute atomic E-state index is 0.314. The molecule has 0 radical (unpaired) electrons. The van der Waals surface area contributed by atoms with E-state index in [1.54, 1.807) is 6.92 Å². The average Bonchev–Trinajstić information content (AvgIpc) is 2.75. The molecule has 0 aromatic heterocycles. The van der Waals surface area contributed by atoms with Crippen molar-refractivity contribution in [2.75, 3.05) is 13.2 Å². The normalized spacial score (nSPS) is 10.8. The van der Waals surface area contributed by atoms with Gasteiger partial charge in [0, 0.05) is 5.57 Å². The summed E-state index contributed by atoms with van der Waals surface area (Å²) in [5, 5.41) is 8.52. The lowest BCUT2D eigenvalue weighted by Gasteiger charge is -2.07. The van der Waals surface area contributed by atoms with Gasteiger partial charge in [-0.2, -0.15) is 10.2 Å². The van der Waals surface area contributed by atoms with Crippen molar-refractivity contribution in [3.8, 4) is 5.75 Å². The summed E-state index contributed by atoms with van der Waals surface area (Å²) in [6.45, 7) is 8.45. The summed E-state index contributed by atoms with van der Waals surface area (Å²) in [7, 11) is 0. The highest BCUT2D eigenvalue weighted by molar-refractivity contribution is 5.86. The molecule has 0 aliphatic carbocycles. The Bertz CT molecular complexity index is 796. The zero-order chi connectivity index (χ0) is 20.9. The fourth-order valence-electron chi connectivity index (χ4n) is 2.56. The SMILES string of the molecule is C=C(C)C(=O)OCCCCCCOc1ccc(N=Nc2ccc(CC)cc2)cc1. The molecule has 2 aromatic rings. The second kappa shape index (κ2) is 12.5. The zero-order valence-corrected chi connectivity index (χ0v) is 17.4. The van der Waals surface area contributed by atoms with E-state index in [9.17, 15) is 4.79 Å². The van der Waals surface area contributed by atoms with Crippen LogP contribution in [0.2, 0.25) is 0 Å². The number of hydrogen-bond acceptors (Lipinski definition) is 5. The maximum atomic E-state index is 11.2. The van der Waals surface area contributed by atoms with Crippen molar-refractivity contribution in [3.63, 3.8) is 0 Å². The highest BCUT2D eigenvalue weighted by Crippen LogP contribution is 2.22. The molecule has 0 unspecified atom stereocenters. The number of hydrogen-bond donors (Lipinski definition) is 0. The number of unbranched alkanes of at least 4 members (excludes halogenated alkanes) is 3. The molecule has 0 bridgehead atoms. The lowest BCUT2D eigenvalue weighted by molar-refractivity contribution is -0.139. The van der Waals surface area contributed by atoms with Gasteiger partial charge in [0.05, 0.1) is 24.6 Å². The number of aryl methyl sites for hydroxylation is 1. The standard InChI is InChI=1S/C24H30N2O3/c1-4-20-9-11-21(12-10-20)25-26-22-13-15-23(16-14-22)28-17-7-5-6-8-18-29-24(27)19(2)3/h9-16H,2,4-8,17-18H2,1,3H3. The third kappa shape index (κ3) is 8.73. The Balaban J connectivity index is 1.61. The van der Waals surface area contributed by atoms with Gasteiger partial charge < -0.3 is 9.47 Å². The second-order valence-corrected chi connectivity index (χ2v) is 6.89. The summed E-state index contributed by atoms with van der Waals surface area (Å²) in [6.07, 6.45) is 4.88. The van der Waals surface area contributed by atoms with Crippen molar-refractivity contribution >= 4 is 17.3 Å². The first kappa shape index (κ1) is 22.3. The molecule has 154 valence electrons. The highest BCUT2D eigenvalue weighted by atomic mass is 16.5. The van der Waals surface area contributed by atoms with Crippen LogP contribution in [0.4, 0.5) is 11.4 Å². The van der Waals surface area contributed by atoms with E-state index in [0.29, 0.717) is 18.8 Å². The fraction of sp³-hybridized carbons (Fsp3) is 0.375. The third-order valence-corrected chi connectivity index (χ3v) is 4.35. The Kier molecular flexibility index (Phi) is 9.63. The number of azo groups is 1. The molecule has 2 aromatic carbocycles. The van der Waals surface area contributed by atoms with E-state index in [4.69, 9.17) is 9.47 Å². The Morgan fingerprint density at radius 1 is 0.862 bits per heavy atom. The van der Waals surface area contributed by atoms with Gasteiger partial charge in [-0.25, -0.2) is 4.79 Å². The Morgan fingerprint density at radius 3 is 1.97 bits per heavy atom. The van der Waals surface area contributed by atoms with Gasteiger partial charge in [-0.05, 0) is 81.0 Å². The molecule has 0 N–H and O–H groups in total. The first-order valence-corrected chi connectivity index (χ1v) is 10.1. The second-order valence-electron chi connectivity index (χ2n) is 6.89. The van der Waals surface area contributed by atoms with E-state index in [1.165, 1.54) is 5.56 Å². The summed E-state index contributed by atoms with van der Waals surface area (Å²) < 4.78 is 10.8. The van der Waals surface area contributed by atoms with E-state index >= 15 is 0 Å². The number of carbonyl (C=O) groups excluding carboxylic acids is 1. The molecular weight excluding hydrogens is 364 g/mol. The summed E-state index contributed by atoms with van der Waals surface area (Å²) in [5.74, 6) is 0.511. The molecule has 0 aliphatic heterocycles. The van der Waals surface area contributed by atoms with E-state index in [1.807, 2.05) is 36.4 Å². The van der Waals surface area contributed by atoms with Crippen LogP contribution in [-0.4, -0.2) is 19.2 Å². The summed E-state index contributed by atoms with van der Waals surface area (Å²) >= 11 is 0. The largest absolute Gasteiger partial charge is 0.494 e. The minimum Gasteiger partial charge on any atom is -0.494 e. The minimum atomic E-state index is -0.314. The molecule has 0 fully saturated rings. The lowest BCUT2D eigenvalue weighted by Crippen LogP contribution is -2.06. The van der Waals surface area contributed by atoms with Gasteiger partial charge in [0.2, 0.25) is 0 Å². The molecule has 0 spiro atoms. The van der Waals surface area contributed by atoms with Crippen LogP contribution in [0, 0.1) is 0 Å². The van der Waals surface area contributed by atoms with Crippen molar-refractivity contribution < 1.29 is 14.3 Å². The predicted molar refractivity (Wildman–Crippen MR) is 116 cm³/mol. The van der Waals surface area contributed by atoms with Crippen LogP contribution in [0.25, 0.3) is 0 Å². The van der Waals surface area contributed by atoms with E-state index in [0.717, 1.165) is 49.2 Å². The van der Waals surface area contributed by atoms with Crippen LogP contribution in [0.5, 0.6) is 5.75 Å². The smallest absolute Gasteiger partial charge is 0.333 e. The predicted octanol–water partition coefficient (Wildman–Crippen LogP) is 6.72. The van der Waals surface area contributed by atoms with Crippen LogP contribution in [0.1, 0.15) is 45.1 Å². The zero-order valence-electron chi connectivity index (χ0n) is 17.4. The number of ether oxygens (including phenoxy) is 2. The van der Waals surface area contributed by atoms with Gasteiger partial charge in [-0.1, -0.05) is 25.6 Å². The van der Waals surface area contributed by atoms with Gasteiger partial charge in [0.1, 0.15) is 5.75 Å². The van der Waals surface area contributed by atoms with Crippen LogP contribution in [-0.2, 0) is 16.0 Å². The Labute approximate surface area is 173 Å². The summed E-state index contributed by atoms with van der Waals surface area (Å²) in [6, 6.07) is 15.7. The third-order valence-electron chi connectivity index (χ3n) is 4.35. The number of carbonyl (C=O) groups is 1. The van der Waals surface area contributed by atoms with Crippen molar-refractivity contribution in [2.24, 2.45) is 10.2 Å². The van der Waals surface area contributed by atoms with Crippen molar-refractivity contribution in [3.05, 3.63) is 66.2 Å². The number of nitrogens with zero attached hydrogens (tertiary/aromatic N) is 2. The van der Waals surface area contributed by atoms with Crippen LogP contribution in [0.3, 0.4) is 0 Å². The maximum Gasteiger partial charge on any atom is 0.333 e. The van der Waals surface area contributed by atoms with Crippen LogP contribution in [0.15, 0.2) is 70.9 Å². The molecule has 0 saturated carbocycles. The van der Waals surface area contributed by atoms with Gasteiger partial charge in [-0.3, -0.25) is 0 Å². The number of rotatable bonds is 12. The monoisotopic (exact) mass is 394 g/mol. The Morgan fingerprint density at radius 2 is 1.41 bits per heavy atom. The molecular formula is C24H30N2O3. The van der Waals surface area contributed by atoms with Crippen LogP contribution < -0.4 is 4.74 Å². The summed E-state index contributed by atoms with van der Waals surface area (Å²) in [5.41, 5.74) is 3.37. The molecule has 29 heavy (non-hydrogen) atoms. The Hall–Kier alpha value is -2.95. The number of benzene rings is 2. The lowest BCUT2D eigenvalue weighted by atomic mass is 10.2. The maximum absolute atomic E-state index is 11.2. The quantitative estimate of drug-likeness (QED) is 0.174. The van der Waals surface area contributed by atoms with E-state index in [2.05, 4.69) is 35.9 Å². The van der Waals surface area contributed by atoms with Gasteiger partial charge in [0.25, 0.3) is 0 Å². The first-order chi connectivity index (χ1) is 14.1. The molecule has 5 heteroatoms. The van der Waals surface area contributed by atoms with Gasteiger partial charge in [-0.15, -0.1) is 0 Å². The molecule has 0 atom stereocenters. The van der Waals surface area contributed by atoms with E-state index < -0.39 is 0 Å². The molecule has 0 heterocycles. The molecule has 5 nitrogen and oxygen atoms in total. The molecule has 0 saturated heterocycles. The first-order valence-electron chi connectivity index (χ1n) is 10.1. The van der Waals surface area contributed by atoms with Crippen molar-refractivity contribution in [1.29, 1.82) is 0 Å². The molecule has 2 rings (SSSR count). The highest BCUT2D eigenvalue weighted by Gasteiger charge is 2.02. The van der Waals surface area contributed by atoms with Gasteiger partial charge in [0.15, 0.2) is 0 Å². The summed E-state index contributed by atoms with van der Waals surface area (Å²) in [4.78, 5) is 11.2. The molecule has 0 aliphatic rings. The molecule has 0 amide bonds. The van der Waals surface area contributed by atoms with E-state index in [-0.39, 0.29) is 5.97 Å². The fourth-order valence-corrected chi connectivity index (χ4v) is 2.56. The van der Waals surface area contributed by atoms with Crippen LogP contribution >= 0.6 is 0 Å². The number of esters is 1. The average molecular weight is 395 g/mol. The topological polar surface area (TPSA) is 60.2 Å². The van der Waals surface area contributed by atoms with Crippen molar-refractivity contribution in [1.82, 2.24) is 0 Å². The van der Waals surface area contributed by atoms with Gasteiger partial charge >= 0.3 is 5.97 Å².